The van der Waals surface area contributed by atoms with Crippen LogP contribution in [0.25, 0.3) is 27.9 Å². The number of hydrogen-bond acceptors (Lipinski definition) is 4. The molecule has 0 saturated carbocycles. The van der Waals surface area contributed by atoms with Gasteiger partial charge in [-0.05, 0) is 23.8 Å². The topological polar surface area (TPSA) is 76.8 Å². The number of hydrogen-bond donors (Lipinski definition) is 2. The molecule has 0 aliphatic carbocycles. The summed E-state index contributed by atoms with van der Waals surface area (Å²) in [5.41, 5.74) is 9.44. The summed E-state index contributed by atoms with van der Waals surface area (Å²) in [4.78, 5) is 11.8. The van der Waals surface area contributed by atoms with Gasteiger partial charge in [-0.2, -0.15) is 0 Å². The van der Waals surface area contributed by atoms with Gasteiger partial charge in [0.25, 0.3) is 0 Å². The van der Waals surface area contributed by atoms with Gasteiger partial charge in [0.05, 0.1) is 18.9 Å². The molecule has 0 spiro atoms. The summed E-state index contributed by atoms with van der Waals surface area (Å²) >= 11 is 0. The molecule has 5 nitrogen and oxygen atoms in total. The molecule has 0 radical (unpaired) electrons. The maximum atomic E-state index is 15.1. The van der Waals surface area contributed by atoms with Crippen LogP contribution in [0.1, 0.15) is 22.5 Å². The van der Waals surface area contributed by atoms with E-state index in [0.717, 1.165) is 32.9 Å². The first-order valence-electron chi connectivity index (χ1n) is 8.63. The Balaban J connectivity index is 1.90. The maximum Gasteiger partial charge on any atom is 0.151 e. The molecule has 4 rings (SSSR count). The number of aromatic nitrogens is 3. The van der Waals surface area contributed by atoms with Crippen LogP contribution >= 0.6 is 0 Å². The van der Waals surface area contributed by atoms with Crippen molar-refractivity contribution in [3.63, 3.8) is 0 Å². The monoisotopic (exact) mass is 362 g/mol. The Morgan fingerprint density at radius 1 is 1.22 bits per heavy atom. The van der Waals surface area contributed by atoms with Gasteiger partial charge in [-0.3, -0.25) is 0 Å². The molecular weight excluding hydrogens is 343 g/mol. The lowest BCUT2D eigenvalue weighted by atomic mass is 9.98. The van der Waals surface area contributed by atoms with E-state index in [1.165, 1.54) is 6.07 Å². The Hall–Kier alpha value is -3.09. The average Bonchev–Trinajstić information content (AvgIpc) is 3.09. The number of H-pyrrole nitrogens is 1. The Morgan fingerprint density at radius 2 is 2.00 bits per heavy atom. The van der Waals surface area contributed by atoms with Crippen molar-refractivity contribution in [2.75, 3.05) is 6.73 Å². The van der Waals surface area contributed by atoms with E-state index in [4.69, 9.17) is 10.5 Å². The summed E-state index contributed by atoms with van der Waals surface area (Å²) in [5, 5.41) is 1.83. The van der Waals surface area contributed by atoms with Crippen molar-refractivity contribution in [1.82, 2.24) is 15.0 Å². The predicted molar refractivity (Wildman–Crippen MR) is 105 cm³/mol. The number of nitrogens with one attached hydrogen (secondary N) is 1. The summed E-state index contributed by atoms with van der Waals surface area (Å²) in [5.74, 6) is 0.265. The average molecular weight is 362 g/mol. The number of nitrogens with two attached hydrogens (primary N) is 1. The van der Waals surface area contributed by atoms with Crippen LogP contribution in [0.3, 0.4) is 0 Å². The molecule has 0 unspecified atom stereocenters. The van der Waals surface area contributed by atoms with Gasteiger partial charge in [0.15, 0.2) is 5.82 Å². The Bertz CT molecular complexity index is 1120. The van der Waals surface area contributed by atoms with Crippen LogP contribution < -0.4 is 5.73 Å². The smallest absolute Gasteiger partial charge is 0.151 e. The number of fused-ring (bicyclic) bond motifs is 3. The maximum absolute atomic E-state index is 15.1. The highest BCUT2D eigenvalue weighted by molar-refractivity contribution is 6.10. The quantitative estimate of drug-likeness (QED) is 0.510. The number of ether oxygens (including phenoxy) is 1. The Kier molecular flexibility index (Phi) is 4.66. The van der Waals surface area contributed by atoms with E-state index >= 15 is 4.39 Å². The molecule has 4 aromatic rings. The molecule has 6 heteroatoms. The summed E-state index contributed by atoms with van der Waals surface area (Å²) in [6, 6.07) is 9.38. The Morgan fingerprint density at radius 3 is 2.74 bits per heavy atom. The van der Waals surface area contributed by atoms with Gasteiger partial charge in [-0.25, -0.2) is 14.4 Å². The minimum atomic E-state index is -0.282. The molecule has 27 heavy (non-hydrogen) atoms. The standard InChI is InChI=1S/C21H19FN4O/c1-2-19-24-9-13(10-25-19)7-16-17(22)8-14(11-27-12-23)21-20(16)15-5-3-4-6-18(15)26-21/h2-6,8-10,26H,1,7,11-12,23H2. The van der Waals surface area contributed by atoms with E-state index < -0.39 is 0 Å². The van der Waals surface area contributed by atoms with Gasteiger partial charge in [-0.1, -0.05) is 24.8 Å². The molecular formula is C21H19FN4O. The van der Waals surface area contributed by atoms with Gasteiger partial charge in [0, 0.05) is 46.2 Å². The molecule has 0 fully saturated rings. The third-order valence-corrected chi connectivity index (χ3v) is 4.58. The second kappa shape index (κ2) is 7.26. The SMILES string of the molecule is C=Cc1ncc(Cc2c(F)cc(COCN)c3[nH]c4ccccc4c23)cn1. The molecule has 0 amide bonds. The van der Waals surface area contributed by atoms with Crippen LogP contribution in [0.5, 0.6) is 0 Å². The van der Waals surface area contributed by atoms with Gasteiger partial charge in [0.1, 0.15) is 5.82 Å². The molecule has 0 aliphatic rings. The summed E-state index contributed by atoms with van der Waals surface area (Å²) in [6.07, 6.45) is 5.37. The highest BCUT2D eigenvalue weighted by Gasteiger charge is 2.17. The second-order valence-electron chi connectivity index (χ2n) is 6.26. The van der Waals surface area contributed by atoms with Crippen molar-refractivity contribution in [2.24, 2.45) is 5.73 Å². The zero-order chi connectivity index (χ0) is 18.8. The Labute approximate surface area is 155 Å². The van der Waals surface area contributed by atoms with Crippen molar-refractivity contribution < 1.29 is 9.13 Å². The fourth-order valence-corrected chi connectivity index (χ4v) is 3.35. The summed E-state index contributed by atoms with van der Waals surface area (Å²) in [7, 11) is 0. The van der Waals surface area contributed by atoms with E-state index in [2.05, 4.69) is 21.5 Å². The number of para-hydroxylation sites is 1. The molecule has 2 heterocycles. The number of aromatic amines is 1. The highest BCUT2D eigenvalue weighted by atomic mass is 19.1. The molecule has 2 aromatic heterocycles. The first kappa shape index (κ1) is 17.3. The van der Waals surface area contributed by atoms with Gasteiger partial charge >= 0.3 is 0 Å². The van der Waals surface area contributed by atoms with Crippen molar-refractivity contribution in [1.29, 1.82) is 0 Å². The lowest BCUT2D eigenvalue weighted by Gasteiger charge is -2.10. The van der Waals surface area contributed by atoms with Crippen molar-refractivity contribution in [3.05, 3.63) is 77.6 Å². The third kappa shape index (κ3) is 3.20. The first-order chi connectivity index (χ1) is 13.2. The number of nitrogens with zero attached hydrogens (tertiary/aromatic N) is 2. The van der Waals surface area contributed by atoms with Gasteiger partial charge in [-0.15, -0.1) is 0 Å². The predicted octanol–water partition coefficient (Wildman–Crippen LogP) is 3.92. The van der Waals surface area contributed by atoms with E-state index in [9.17, 15) is 0 Å². The molecule has 3 N–H and O–H groups in total. The van der Waals surface area contributed by atoms with Crippen LogP contribution in [0.15, 0.2) is 49.3 Å². The number of benzene rings is 2. The zero-order valence-corrected chi connectivity index (χ0v) is 14.7. The van der Waals surface area contributed by atoms with Gasteiger partial charge in [0.2, 0.25) is 0 Å². The van der Waals surface area contributed by atoms with Crippen LogP contribution in [-0.2, 0) is 17.8 Å². The number of rotatable bonds is 6. The third-order valence-electron chi connectivity index (χ3n) is 4.58. The van der Waals surface area contributed by atoms with Gasteiger partial charge < -0.3 is 15.5 Å². The lowest BCUT2D eigenvalue weighted by molar-refractivity contribution is 0.128. The highest BCUT2D eigenvalue weighted by Crippen LogP contribution is 2.34. The van der Waals surface area contributed by atoms with Crippen molar-refractivity contribution in [2.45, 2.75) is 13.0 Å². The molecule has 0 aliphatic heterocycles. The largest absolute Gasteiger partial charge is 0.362 e. The van der Waals surface area contributed by atoms with E-state index in [0.29, 0.717) is 17.8 Å². The minimum Gasteiger partial charge on any atom is -0.362 e. The molecule has 0 atom stereocenters. The number of halogens is 1. The van der Waals surface area contributed by atoms with E-state index in [-0.39, 0.29) is 19.2 Å². The molecule has 136 valence electrons. The summed E-state index contributed by atoms with van der Waals surface area (Å²) < 4.78 is 20.4. The normalized spacial score (nSPS) is 11.3. The molecule has 0 bridgehead atoms. The summed E-state index contributed by atoms with van der Waals surface area (Å²) in [6.45, 7) is 3.98. The second-order valence-corrected chi connectivity index (χ2v) is 6.26. The van der Waals surface area contributed by atoms with Crippen LogP contribution in [-0.4, -0.2) is 21.7 Å². The van der Waals surface area contributed by atoms with Crippen molar-refractivity contribution in [3.8, 4) is 0 Å². The van der Waals surface area contributed by atoms with Crippen LogP contribution in [0, 0.1) is 5.82 Å². The van der Waals surface area contributed by atoms with E-state index in [1.54, 1.807) is 18.5 Å². The van der Waals surface area contributed by atoms with Crippen LogP contribution in [0.2, 0.25) is 0 Å². The van der Waals surface area contributed by atoms with Crippen molar-refractivity contribution >= 4 is 27.9 Å². The first-order valence-corrected chi connectivity index (χ1v) is 8.63. The molecule has 2 aromatic carbocycles. The fraction of sp³-hybridized carbons (Fsp3) is 0.143. The fourth-order valence-electron chi connectivity index (χ4n) is 3.35. The lowest BCUT2D eigenvalue weighted by Crippen LogP contribution is -2.06. The molecule has 0 saturated heterocycles. The minimum absolute atomic E-state index is 0.0814. The van der Waals surface area contributed by atoms with Crippen LogP contribution in [0.4, 0.5) is 4.39 Å². The zero-order valence-electron chi connectivity index (χ0n) is 14.7. The van der Waals surface area contributed by atoms with E-state index in [1.807, 2.05) is 24.3 Å².